The van der Waals surface area contributed by atoms with E-state index in [-0.39, 0.29) is 11.3 Å². The minimum Gasteiger partial charge on any atom is -0.355 e. The average Bonchev–Trinajstić information content (AvgIpc) is 3.24. The molecule has 25 heavy (non-hydrogen) atoms. The molecule has 0 spiro atoms. The molecule has 0 saturated carbocycles. The molecule has 0 aliphatic heterocycles. The van der Waals surface area contributed by atoms with E-state index in [4.69, 9.17) is 4.52 Å². The maximum Gasteiger partial charge on any atom is 0.293 e. The van der Waals surface area contributed by atoms with Gasteiger partial charge >= 0.3 is 0 Å². The highest BCUT2D eigenvalue weighted by atomic mass is 19.1. The number of aryl methyl sites for hydroxylation is 3. The molecule has 3 aromatic rings. The Morgan fingerprint density at radius 2 is 2.12 bits per heavy atom. The van der Waals surface area contributed by atoms with Crippen LogP contribution in [-0.2, 0) is 14.1 Å². The third-order valence-corrected chi connectivity index (χ3v) is 3.80. The molecule has 0 saturated heterocycles. The van der Waals surface area contributed by atoms with Crippen molar-refractivity contribution in [1.82, 2.24) is 30.1 Å². The van der Waals surface area contributed by atoms with E-state index in [1.165, 1.54) is 19.3 Å². The van der Waals surface area contributed by atoms with Gasteiger partial charge in [0.2, 0.25) is 5.95 Å². The molecule has 0 radical (unpaired) electrons. The number of nitrogens with zero attached hydrogens (tertiary/aromatic N) is 6. The third-order valence-electron chi connectivity index (χ3n) is 3.80. The van der Waals surface area contributed by atoms with Crippen LogP contribution in [0.3, 0.4) is 0 Å². The smallest absolute Gasteiger partial charge is 0.293 e. The van der Waals surface area contributed by atoms with E-state index < -0.39 is 11.9 Å². The van der Waals surface area contributed by atoms with E-state index in [0.717, 1.165) is 15.9 Å². The van der Waals surface area contributed by atoms with Gasteiger partial charge in [0, 0.05) is 25.9 Å². The molecule has 0 bridgehead atoms. The molecule has 3 heterocycles. The fourth-order valence-electron chi connectivity index (χ4n) is 2.26. The molecule has 0 unspecified atom stereocenters. The van der Waals surface area contributed by atoms with Gasteiger partial charge < -0.3 is 4.52 Å². The van der Waals surface area contributed by atoms with Crippen LogP contribution in [0.25, 0.3) is 11.3 Å². The second kappa shape index (κ2) is 6.30. The minimum atomic E-state index is -0.574. The summed E-state index contributed by atoms with van der Waals surface area (Å²) < 4.78 is 21.7. The zero-order valence-corrected chi connectivity index (χ0v) is 14.1. The summed E-state index contributed by atoms with van der Waals surface area (Å²) in [6, 6.07) is 1.49. The lowest BCUT2D eigenvalue weighted by molar-refractivity contribution is 0.0946. The molecule has 0 aliphatic carbocycles. The number of rotatable bonds is 4. The van der Waals surface area contributed by atoms with Gasteiger partial charge in [-0.05, 0) is 13.8 Å². The maximum atomic E-state index is 13.8. The van der Waals surface area contributed by atoms with Crippen molar-refractivity contribution in [3.05, 3.63) is 40.9 Å². The summed E-state index contributed by atoms with van der Waals surface area (Å²) in [6.45, 7) is 3.52. The van der Waals surface area contributed by atoms with Crippen LogP contribution < -0.4 is 5.43 Å². The summed E-state index contributed by atoms with van der Waals surface area (Å²) in [5, 5.41) is 15.5. The molecule has 0 fully saturated rings. The third kappa shape index (κ3) is 3.05. The van der Waals surface area contributed by atoms with Crippen molar-refractivity contribution in [3.8, 4) is 11.3 Å². The quantitative estimate of drug-likeness (QED) is 0.567. The Bertz CT molecular complexity index is 967. The van der Waals surface area contributed by atoms with Gasteiger partial charge in [-0.1, -0.05) is 5.16 Å². The molecule has 10 heteroatoms. The molecule has 9 nitrogen and oxygen atoms in total. The first kappa shape index (κ1) is 16.6. The second-order valence-corrected chi connectivity index (χ2v) is 5.46. The largest absolute Gasteiger partial charge is 0.355 e. The van der Waals surface area contributed by atoms with Gasteiger partial charge in [0.25, 0.3) is 5.91 Å². The number of aromatic nitrogens is 5. The van der Waals surface area contributed by atoms with Crippen LogP contribution in [0.1, 0.15) is 27.4 Å². The van der Waals surface area contributed by atoms with Gasteiger partial charge in [-0.25, -0.2) is 10.1 Å². The van der Waals surface area contributed by atoms with Crippen molar-refractivity contribution in [1.29, 1.82) is 0 Å². The minimum absolute atomic E-state index is 0.0544. The summed E-state index contributed by atoms with van der Waals surface area (Å²) in [4.78, 5) is 12.1. The van der Waals surface area contributed by atoms with Crippen molar-refractivity contribution < 1.29 is 13.7 Å². The van der Waals surface area contributed by atoms with Crippen LogP contribution in [0.15, 0.2) is 21.9 Å². The highest BCUT2D eigenvalue weighted by molar-refractivity contribution is 5.94. The predicted molar refractivity (Wildman–Crippen MR) is 86.4 cm³/mol. The Morgan fingerprint density at radius 3 is 2.72 bits per heavy atom. The Balaban J connectivity index is 1.72. The van der Waals surface area contributed by atoms with Crippen molar-refractivity contribution >= 4 is 12.1 Å². The van der Waals surface area contributed by atoms with E-state index in [1.54, 1.807) is 24.9 Å². The fraction of sp³-hybridized carbons (Fsp3) is 0.267. The molecule has 3 rings (SSSR count). The van der Waals surface area contributed by atoms with Gasteiger partial charge in [0.1, 0.15) is 0 Å². The van der Waals surface area contributed by atoms with Gasteiger partial charge in [0.15, 0.2) is 11.5 Å². The molecule has 0 atom stereocenters. The molecule has 0 aromatic carbocycles. The van der Waals surface area contributed by atoms with Crippen LogP contribution in [0, 0.1) is 19.8 Å². The first-order chi connectivity index (χ1) is 11.9. The van der Waals surface area contributed by atoms with Crippen LogP contribution in [0.4, 0.5) is 4.39 Å². The number of halogens is 1. The molecule has 130 valence electrons. The van der Waals surface area contributed by atoms with Crippen molar-refractivity contribution in [2.45, 2.75) is 13.8 Å². The summed E-state index contributed by atoms with van der Waals surface area (Å²) in [5.74, 6) is -0.685. The predicted octanol–water partition coefficient (Wildman–Crippen LogP) is 1.33. The zero-order valence-electron chi connectivity index (χ0n) is 14.1. The normalized spacial score (nSPS) is 11.4. The Kier molecular flexibility index (Phi) is 4.17. The summed E-state index contributed by atoms with van der Waals surface area (Å²) in [6.07, 6.45) is 2.82. The molecule has 3 aromatic heterocycles. The SMILES string of the molecule is Cc1nn(C)c(F)c1C=NNC(=O)c1cc(-c2cnn(C)c2C)on1. The number of hydrazone groups is 1. The van der Waals surface area contributed by atoms with E-state index >= 15 is 0 Å². The number of carbonyl (C=O) groups is 1. The number of hydrogen-bond acceptors (Lipinski definition) is 6. The van der Waals surface area contributed by atoms with Crippen molar-refractivity contribution in [2.75, 3.05) is 0 Å². The van der Waals surface area contributed by atoms with E-state index in [0.29, 0.717) is 11.5 Å². The van der Waals surface area contributed by atoms with Crippen molar-refractivity contribution in [3.63, 3.8) is 0 Å². The highest BCUT2D eigenvalue weighted by Gasteiger charge is 2.16. The van der Waals surface area contributed by atoms with Crippen LogP contribution in [-0.4, -0.2) is 36.8 Å². The zero-order chi connectivity index (χ0) is 18.1. The Labute approximate surface area is 142 Å². The molecule has 1 amide bonds. The lowest BCUT2D eigenvalue weighted by atomic mass is 10.2. The average molecular weight is 345 g/mol. The Hall–Kier alpha value is -3.30. The monoisotopic (exact) mass is 345 g/mol. The second-order valence-electron chi connectivity index (χ2n) is 5.46. The van der Waals surface area contributed by atoms with Crippen LogP contribution in [0.2, 0.25) is 0 Å². The van der Waals surface area contributed by atoms with Crippen molar-refractivity contribution in [2.24, 2.45) is 19.2 Å². The number of carbonyl (C=O) groups excluding carboxylic acids is 1. The molecule has 1 N–H and O–H groups in total. The standard InChI is InChI=1S/C15H16FN7O2/c1-8-10(14(16)23(4)20-8)6-17-19-15(24)12-5-13(25-21-12)11-7-18-22(3)9(11)2/h5-7H,1-4H3,(H,19,24). The first-order valence-corrected chi connectivity index (χ1v) is 7.36. The van der Waals surface area contributed by atoms with E-state index in [9.17, 15) is 9.18 Å². The van der Waals surface area contributed by atoms with Crippen LogP contribution in [0.5, 0.6) is 0 Å². The van der Waals surface area contributed by atoms with E-state index in [1.807, 2.05) is 6.92 Å². The summed E-state index contributed by atoms with van der Waals surface area (Å²) >= 11 is 0. The molecular weight excluding hydrogens is 329 g/mol. The Morgan fingerprint density at radius 1 is 1.36 bits per heavy atom. The van der Waals surface area contributed by atoms with Gasteiger partial charge in [0.05, 0.1) is 29.2 Å². The van der Waals surface area contributed by atoms with Gasteiger partial charge in [-0.2, -0.15) is 19.7 Å². The highest BCUT2D eigenvalue weighted by Crippen LogP contribution is 2.23. The number of nitrogens with one attached hydrogen (secondary N) is 1. The maximum absolute atomic E-state index is 13.8. The lowest BCUT2D eigenvalue weighted by Crippen LogP contribution is -2.18. The number of hydrogen-bond donors (Lipinski definition) is 1. The fourth-order valence-corrected chi connectivity index (χ4v) is 2.26. The number of amides is 1. The van der Waals surface area contributed by atoms with Gasteiger partial charge in [-0.3, -0.25) is 9.48 Å². The van der Waals surface area contributed by atoms with Gasteiger partial charge in [-0.15, -0.1) is 0 Å². The topological polar surface area (TPSA) is 103 Å². The lowest BCUT2D eigenvalue weighted by Gasteiger charge is -1.95. The first-order valence-electron chi connectivity index (χ1n) is 7.36. The van der Waals surface area contributed by atoms with Crippen LogP contribution >= 0.6 is 0 Å². The van der Waals surface area contributed by atoms with E-state index in [2.05, 4.69) is 25.9 Å². The molecule has 0 aliphatic rings. The summed E-state index contributed by atoms with van der Waals surface area (Å²) in [7, 11) is 3.28. The summed E-state index contributed by atoms with van der Waals surface area (Å²) in [5.41, 5.74) is 4.62. The molecular formula is C15H16FN7O2.